The van der Waals surface area contributed by atoms with Gasteiger partial charge in [0.2, 0.25) is 5.91 Å². The van der Waals surface area contributed by atoms with Gasteiger partial charge >= 0.3 is 5.97 Å². The Morgan fingerprint density at radius 1 is 1.23 bits per heavy atom. The van der Waals surface area contributed by atoms with Gasteiger partial charge in [0.25, 0.3) is 0 Å². The van der Waals surface area contributed by atoms with E-state index in [1.165, 1.54) is 0 Å². The van der Waals surface area contributed by atoms with E-state index >= 15 is 0 Å². The zero-order valence-corrected chi connectivity index (χ0v) is 21.9. The fraction of sp³-hybridized carbons (Fsp3) is 0.714. The number of unbranched alkanes of at least 4 members (excludes halogenated alkanes) is 1. The van der Waals surface area contributed by atoms with Crippen LogP contribution in [0.25, 0.3) is 0 Å². The molecule has 1 aromatic rings. The molecule has 7 nitrogen and oxygen atoms in total. The van der Waals surface area contributed by atoms with E-state index in [1.807, 2.05) is 17.0 Å². The molecule has 3 N–H and O–H groups in total. The molecular formula is C28H45N3O4. The SMILES string of the molecule is CCCCN(CCCN)C(=O)CN1CC(c2ccc3c(c2)CCO3)C(C(=O)O)C1CC(C)CCC. The van der Waals surface area contributed by atoms with Gasteiger partial charge in [-0.1, -0.05) is 52.2 Å². The molecule has 35 heavy (non-hydrogen) atoms. The van der Waals surface area contributed by atoms with Gasteiger partial charge in [0.05, 0.1) is 19.1 Å². The number of nitrogens with two attached hydrogens (primary N) is 1. The maximum Gasteiger partial charge on any atom is 0.308 e. The number of amides is 1. The summed E-state index contributed by atoms with van der Waals surface area (Å²) < 4.78 is 5.67. The third kappa shape index (κ3) is 6.98. The molecule has 0 aromatic heterocycles. The van der Waals surface area contributed by atoms with Crippen LogP contribution >= 0.6 is 0 Å². The Hall–Kier alpha value is -2.12. The van der Waals surface area contributed by atoms with Gasteiger partial charge in [0.15, 0.2) is 0 Å². The Bertz CT molecular complexity index is 837. The topological polar surface area (TPSA) is 96.1 Å². The number of rotatable bonds is 14. The fourth-order valence-electron chi connectivity index (χ4n) is 5.85. The number of nitrogens with zero attached hydrogens (tertiary/aromatic N) is 2. The molecule has 0 saturated carbocycles. The summed E-state index contributed by atoms with van der Waals surface area (Å²) in [4.78, 5) is 30.2. The van der Waals surface area contributed by atoms with E-state index in [0.29, 0.717) is 32.2 Å². The van der Waals surface area contributed by atoms with Crippen molar-refractivity contribution in [2.24, 2.45) is 17.6 Å². The van der Waals surface area contributed by atoms with Gasteiger partial charge in [-0.15, -0.1) is 0 Å². The van der Waals surface area contributed by atoms with Gasteiger partial charge in [-0.05, 0) is 48.9 Å². The third-order valence-electron chi connectivity index (χ3n) is 7.71. The second-order valence-corrected chi connectivity index (χ2v) is 10.4. The summed E-state index contributed by atoms with van der Waals surface area (Å²) in [5, 5.41) is 10.4. The summed E-state index contributed by atoms with van der Waals surface area (Å²) >= 11 is 0. The molecule has 0 radical (unpaired) electrons. The van der Waals surface area contributed by atoms with Crippen molar-refractivity contribution in [3.8, 4) is 5.75 Å². The molecule has 2 aliphatic heterocycles. The van der Waals surface area contributed by atoms with E-state index in [2.05, 4.69) is 31.7 Å². The van der Waals surface area contributed by atoms with Crippen LogP contribution in [0.5, 0.6) is 5.75 Å². The number of hydrogen-bond acceptors (Lipinski definition) is 5. The van der Waals surface area contributed by atoms with Gasteiger partial charge in [-0.25, -0.2) is 0 Å². The Kier molecular flexibility index (Phi) is 10.4. The molecule has 2 heterocycles. The minimum absolute atomic E-state index is 0.0900. The molecule has 1 aromatic carbocycles. The van der Waals surface area contributed by atoms with Crippen molar-refractivity contribution < 1.29 is 19.4 Å². The maximum atomic E-state index is 13.4. The lowest BCUT2D eigenvalue weighted by Crippen LogP contribution is -2.45. The highest BCUT2D eigenvalue weighted by Crippen LogP contribution is 2.42. The third-order valence-corrected chi connectivity index (χ3v) is 7.71. The highest BCUT2D eigenvalue weighted by molar-refractivity contribution is 5.79. The number of benzene rings is 1. The van der Waals surface area contributed by atoms with Crippen LogP contribution in [0.3, 0.4) is 0 Å². The van der Waals surface area contributed by atoms with Crippen LogP contribution in [0, 0.1) is 11.8 Å². The molecule has 196 valence electrons. The zero-order chi connectivity index (χ0) is 25.4. The maximum absolute atomic E-state index is 13.4. The fourth-order valence-corrected chi connectivity index (χ4v) is 5.85. The van der Waals surface area contributed by atoms with Gasteiger partial charge in [0, 0.05) is 38.0 Å². The molecule has 0 spiro atoms. The normalized spacial score (nSPS) is 22.6. The van der Waals surface area contributed by atoms with Crippen molar-refractivity contribution in [1.29, 1.82) is 0 Å². The average molecular weight is 488 g/mol. The monoisotopic (exact) mass is 487 g/mol. The number of aliphatic carboxylic acids is 1. The number of ether oxygens (including phenoxy) is 1. The van der Waals surface area contributed by atoms with Crippen molar-refractivity contribution in [3.05, 3.63) is 29.3 Å². The Morgan fingerprint density at radius 2 is 2.00 bits per heavy atom. The summed E-state index contributed by atoms with van der Waals surface area (Å²) in [5.74, 6) is -0.0300. The minimum atomic E-state index is -0.763. The first kappa shape index (κ1) is 27.5. The molecule has 4 unspecified atom stereocenters. The number of carbonyl (C=O) groups is 2. The largest absolute Gasteiger partial charge is 0.493 e. The lowest BCUT2D eigenvalue weighted by Gasteiger charge is -2.31. The number of hydrogen-bond donors (Lipinski definition) is 2. The molecule has 2 aliphatic rings. The second kappa shape index (κ2) is 13.3. The van der Waals surface area contributed by atoms with E-state index in [0.717, 1.165) is 68.4 Å². The quantitative estimate of drug-likeness (QED) is 0.413. The highest BCUT2D eigenvalue weighted by atomic mass is 16.5. The first-order valence-corrected chi connectivity index (χ1v) is 13.6. The zero-order valence-electron chi connectivity index (χ0n) is 21.9. The van der Waals surface area contributed by atoms with Crippen LogP contribution in [-0.2, 0) is 16.0 Å². The minimum Gasteiger partial charge on any atom is -0.493 e. The summed E-state index contributed by atoms with van der Waals surface area (Å²) in [6.07, 6.45) is 6.56. The summed E-state index contributed by atoms with van der Waals surface area (Å²) in [6.45, 7) is 9.99. The van der Waals surface area contributed by atoms with Crippen LogP contribution in [-0.4, -0.2) is 72.2 Å². The van der Waals surface area contributed by atoms with Crippen molar-refractivity contribution in [1.82, 2.24) is 9.80 Å². The van der Waals surface area contributed by atoms with Crippen molar-refractivity contribution in [3.63, 3.8) is 0 Å². The molecule has 1 amide bonds. The van der Waals surface area contributed by atoms with E-state index in [1.54, 1.807) is 0 Å². The number of carboxylic acids is 1. The van der Waals surface area contributed by atoms with Crippen molar-refractivity contribution in [2.45, 2.75) is 77.7 Å². The highest BCUT2D eigenvalue weighted by Gasteiger charge is 2.47. The smallest absolute Gasteiger partial charge is 0.308 e. The van der Waals surface area contributed by atoms with Crippen molar-refractivity contribution in [2.75, 3.05) is 39.3 Å². The van der Waals surface area contributed by atoms with Crippen LogP contribution in [0.4, 0.5) is 0 Å². The Labute approximate surface area is 211 Å². The molecule has 0 bridgehead atoms. The van der Waals surface area contributed by atoms with Gasteiger partial charge in [-0.2, -0.15) is 0 Å². The second-order valence-electron chi connectivity index (χ2n) is 10.4. The standard InChI is InChI=1S/C28H45N3O4/c1-4-6-13-30(14-7-12-29)26(32)19-31-18-23(21-9-10-25-22(17-21)11-15-35-25)27(28(33)34)24(31)16-20(3)8-5-2/h9-10,17,20,23-24,27H,4-8,11-16,18-19,29H2,1-3H3,(H,33,34). The van der Waals surface area contributed by atoms with Gasteiger partial charge in [0.1, 0.15) is 5.75 Å². The number of carboxylic acid groups (broad SMARTS) is 1. The molecule has 1 saturated heterocycles. The molecule has 3 rings (SSSR count). The van der Waals surface area contributed by atoms with E-state index in [4.69, 9.17) is 10.5 Å². The molecule has 7 heteroatoms. The summed E-state index contributed by atoms with van der Waals surface area (Å²) in [6, 6.07) is 5.99. The number of carbonyl (C=O) groups excluding carboxylic acids is 1. The lowest BCUT2D eigenvalue weighted by atomic mass is 9.81. The number of likely N-dealkylation sites (tertiary alicyclic amines) is 1. The van der Waals surface area contributed by atoms with Gasteiger partial charge in [-0.3, -0.25) is 14.5 Å². The van der Waals surface area contributed by atoms with E-state index < -0.39 is 11.9 Å². The number of fused-ring (bicyclic) bond motifs is 1. The Balaban J connectivity index is 1.86. The van der Waals surface area contributed by atoms with Crippen LogP contribution < -0.4 is 10.5 Å². The Morgan fingerprint density at radius 3 is 2.69 bits per heavy atom. The molecule has 1 fully saturated rings. The van der Waals surface area contributed by atoms with Crippen LogP contribution in [0.2, 0.25) is 0 Å². The van der Waals surface area contributed by atoms with Crippen molar-refractivity contribution >= 4 is 11.9 Å². The predicted molar refractivity (Wildman–Crippen MR) is 139 cm³/mol. The van der Waals surface area contributed by atoms with E-state index in [-0.39, 0.29) is 24.4 Å². The molecular weight excluding hydrogens is 442 g/mol. The summed E-state index contributed by atoms with van der Waals surface area (Å²) in [7, 11) is 0. The molecule has 0 aliphatic carbocycles. The lowest BCUT2D eigenvalue weighted by molar-refractivity contribution is -0.144. The van der Waals surface area contributed by atoms with Crippen LogP contribution in [0.15, 0.2) is 18.2 Å². The first-order chi connectivity index (χ1) is 16.9. The predicted octanol–water partition coefficient (Wildman–Crippen LogP) is 3.89. The molecule has 4 atom stereocenters. The summed E-state index contributed by atoms with van der Waals surface area (Å²) in [5.41, 5.74) is 7.93. The van der Waals surface area contributed by atoms with E-state index in [9.17, 15) is 14.7 Å². The first-order valence-electron chi connectivity index (χ1n) is 13.6. The average Bonchev–Trinajstić information content (AvgIpc) is 3.43. The van der Waals surface area contributed by atoms with Gasteiger partial charge < -0.3 is 20.5 Å². The van der Waals surface area contributed by atoms with Crippen LogP contribution in [0.1, 0.15) is 76.3 Å².